The Morgan fingerprint density at radius 1 is 1.10 bits per heavy atom. The number of nitrogens with zero attached hydrogens (tertiary/aromatic N) is 2. The number of nitrogen functional groups attached to an aromatic ring is 1. The third kappa shape index (κ3) is 5.17. The van der Waals surface area contributed by atoms with E-state index in [0.29, 0.717) is 23.7 Å². The molecule has 1 saturated heterocycles. The Bertz CT molecular complexity index is 844. The Morgan fingerprint density at radius 2 is 1.83 bits per heavy atom. The molecule has 0 saturated carbocycles. The highest BCUT2D eigenvalue weighted by Crippen LogP contribution is 2.29. The molecule has 2 atom stereocenters. The maximum atomic E-state index is 13.1. The van der Waals surface area contributed by atoms with E-state index in [1.807, 2.05) is 11.8 Å². The van der Waals surface area contributed by atoms with Crippen molar-refractivity contribution in [2.24, 2.45) is 0 Å². The molecule has 0 aliphatic carbocycles. The summed E-state index contributed by atoms with van der Waals surface area (Å²) in [7, 11) is 1.55. The Balaban J connectivity index is 1.58. The molecule has 3 rings (SSSR count). The molecule has 2 aromatic rings. The van der Waals surface area contributed by atoms with Gasteiger partial charge >= 0.3 is 0 Å². The lowest BCUT2D eigenvalue weighted by Crippen LogP contribution is -2.58. The van der Waals surface area contributed by atoms with Crippen LogP contribution in [0.25, 0.3) is 0 Å². The molecule has 0 spiro atoms. The van der Waals surface area contributed by atoms with Crippen LogP contribution in [-0.4, -0.2) is 54.6 Å². The van der Waals surface area contributed by atoms with Crippen molar-refractivity contribution in [3.63, 3.8) is 0 Å². The van der Waals surface area contributed by atoms with E-state index in [4.69, 9.17) is 15.2 Å². The minimum absolute atomic E-state index is 0.0467. The van der Waals surface area contributed by atoms with E-state index >= 15 is 0 Å². The average Bonchev–Trinajstić information content (AvgIpc) is 2.70. The molecule has 6 nitrogen and oxygen atoms in total. The highest BCUT2D eigenvalue weighted by Gasteiger charge is 2.32. The number of piperazine rings is 1. The number of hydrogen-bond acceptors (Lipinski definition) is 5. The molecule has 2 N–H and O–H groups in total. The van der Waals surface area contributed by atoms with Crippen molar-refractivity contribution >= 4 is 11.6 Å². The van der Waals surface area contributed by atoms with Gasteiger partial charge in [-0.15, -0.1) is 0 Å². The number of amides is 1. The van der Waals surface area contributed by atoms with Crippen LogP contribution in [0.2, 0.25) is 0 Å². The van der Waals surface area contributed by atoms with Gasteiger partial charge in [0.25, 0.3) is 5.91 Å². The second kappa shape index (κ2) is 9.13. The van der Waals surface area contributed by atoms with Gasteiger partial charge in [-0.3, -0.25) is 9.69 Å². The predicted octanol–water partition coefficient (Wildman–Crippen LogP) is 2.92. The van der Waals surface area contributed by atoms with Gasteiger partial charge in [0, 0.05) is 43.5 Å². The van der Waals surface area contributed by atoms with Gasteiger partial charge in [0.2, 0.25) is 0 Å². The Hall–Kier alpha value is -2.80. The zero-order valence-corrected chi connectivity index (χ0v) is 17.1. The zero-order chi connectivity index (χ0) is 21.0. The van der Waals surface area contributed by atoms with Crippen LogP contribution < -0.4 is 15.2 Å². The standard InChI is InChI=1S/C22H28FN3O3/c1-15-12-26(16(2)11-25(15)13-17-4-6-18(23)7-5-17)22(27)14-29-21-10-19(24)8-9-20(21)28-3/h4-10,15-16H,11-14,24H2,1-3H3. The smallest absolute Gasteiger partial charge is 0.260 e. The normalized spacial score (nSPS) is 19.8. The fourth-order valence-corrected chi connectivity index (χ4v) is 3.62. The van der Waals surface area contributed by atoms with Crippen molar-refractivity contribution in [1.29, 1.82) is 0 Å². The van der Waals surface area contributed by atoms with Crippen molar-refractivity contribution in [3.05, 3.63) is 53.8 Å². The van der Waals surface area contributed by atoms with Crippen LogP contribution >= 0.6 is 0 Å². The zero-order valence-electron chi connectivity index (χ0n) is 17.1. The number of hydrogen-bond donors (Lipinski definition) is 1. The second-order valence-corrected chi connectivity index (χ2v) is 7.50. The first-order chi connectivity index (χ1) is 13.9. The first-order valence-corrected chi connectivity index (χ1v) is 9.71. The van der Waals surface area contributed by atoms with Gasteiger partial charge in [-0.25, -0.2) is 4.39 Å². The monoisotopic (exact) mass is 401 g/mol. The minimum Gasteiger partial charge on any atom is -0.493 e. The van der Waals surface area contributed by atoms with Gasteiger partial charge < -0.3 is 20.1 Å². The SMILES string of the molecule is COc1ccc(N)cc1OCC(=O)N1CC(C)N(Cc2ccc(F)cc2)CC1C. The molecule has 0 radical (unpaired) electrons. The van der Waals surface area contributed by atoms with Gasteiger partial charge in [0.15, 0.2) is 18.1 Å². The van der Waals surface area contributed by atoms with Crippen LogP contribution in [-0.2, 0) is 11.3 Å². The minimum atomic E-state index is -0.234. The first kappa shape index (κ1) is 20.9. The van der Waals surface area contributed by atoms with Crippen LogP contribution in [0.4, 0.5) is 10.1 Å². The lowest BCUT2D eigenvalue weighted by Gasteiger charge is -2.44. The summed E-state index contributed by atoms with van der Waals surface area (Å²) < 4.78 is 24.1. The second-order valence-electron chi connectivity index (χ2n) is 7.50. The van der Waals surface area contributed by atoms with Crippen molar-refractivity contribution in [3.8, 4) is 11.5 Å². The molecule has 29 heavy (non-hydrogen) atoms. The maximum Gasteiger partial charge on any atom is 0.260 e. The molecule has 1 fully saturated rings. The summed E-state index contributed by atoms with van der Waals surface area (Å²) in [4.78, 5) is 16.9. The summed E-state index contributed by atoms with van der Waals surface area (Å²) >= 11 is 0. The molecular formula is C22H28FN3O3. The summed E-state index contributed by atoms with van der Waals surface area (Å²) in [5.41, 5.74) is 7.40. The molecule has 2 aromatic carbocycles. The van der Waals surface area contributed by atoms with Crippen molar-refractivity contribution in [2.75, 3.05) is 32.5 Å². The number of carbonyl (C=O) groups is 1. The lowest BCUT2D eigenvalue weighted by atomic mass is 10.1. The van der Waals surface area contributed by atoms with Crippen LogP contribution in [0.1, 0.15) is 19.4 Å². The molecule has 1 heterocycles. The molecule has 1 aliphatic heterocycles. The summed E-state index contributed by atoms with van der Waals surface area (Å²) in [6.45, 7) is 6.13. The molecule has 2 unspecified atom stereocenters. The van der Waals surface area contributed by atoms with Crippen molar-refractivity contribution < 1.29 is 18.7 Å². The summed E-state index contributed by atoms with van der Waals surface area (Å²) in [5, 5.41) is 0. The number of nitrogens with two attached hydrogens (primary N) is 1. The quantitative estimate of drug-likeness (QED) is 0.754. The van der Waals surface area contributed by atoms with Crippen molar-refractivity contribution in [2.45, 2.75) is 32.5 Å². The van der Waals surface area contributed by atoms with E-state index in [-0.39, 0.29) is 30.4 Å². The van der Waals surface area contributed by atoms with Crippen LogP contribution in [0.15, 0.2) is 42.5 Å². The highest BCUT2D eigenvalue weighted by atomic mass is 19.1. The van der Waals surface area contributed by atoms with Gasteiger partial charge in [-0.05, 0) is 43.7 Å². The highest BCUT2D eigenvalue weighted by molar-refractivity contribution is 5.78. The summed E-state index contributed by atoms with van der Waals surface area (Å²) in [6, 6.07) is 11.9. The van der Waals surface area contributed by atoms with E-state index < -0.39 is 0 Å². The number of benzene rings is 2. The fraction of sp³-hybridized carbons (Fsp3) is 0.409. The molecule has 0 aromatic heterocycles. The maximum absolute atomic E-state index is 13.1. The number of anilines is 1. The molecule has 1 aliphatic rings. The average molecular weight is 401 g/mol. The summed E-state index contributed by atoms with van der Waals surface area (Å²) in [5.74, 6) is 0.687. The number of methoxy groups -OCH3 is 1. The number of ether oxygens (including phenoxy) is 2. The van der Waals surface area contributed by atoms with Gasteiger partial charge in [-0.2, -0.15) is 0 Å². The fourth-order valence-electron chi connectivity index (χ4n) is 3.62. The third-order valence-corrected chi connectivity index (χ3v) is 5.27. The van der Waals surface area contributed by atoms with E-state index in [0.717, 1.165) is 18.7 Å². The number of carbonyl (C=O) groups excluding carboxylic acids is 1. The van der Waals surface area contributed by atoms with Gasteiger partial charge in [-0.1, -0.05) is 12.1 Å². The first-order valence-electron chi connectivity index (χ1n) is 9.71. The van der Waals surface area contributed by atoms with Crippen LogP contribution in [0.3, 0.4) is 0 Å². The van der Waals surface area contributed by atoms with E-state index in [1.54, 1.807) is 37.4 Å². The molecule has 0 bridgehead atoms. The lowest BCUT2D eigenvalue weighted by molar-refractivity contribution is -0.139. The van der Waals surface area contributed by atoms with E-state index in [2.05, 4.69) is 11.8 Å². The van der Waals surface area contributed by atoms with Gasteiger partial charge in [0.05, 0.1) is 7.11 Å². The molecule has 7 heteroatoms. The third-order valence-electron chi connectivity index (χ3n) is 5.27. The Kier molecular flexibility index (Phi) is 6.59. The number of rotatable bonds is 6. The topological polar surface area (TPSA) is 68.0 Å². The number of halogens is 1. The van der Waals surface area contributed by atoms with E-state index in [1.165, 1.54) is 12.1 Å². The Morgan fingerprint density at radius 3 is 2.52 bits per heavy atom. The Labute approximate surface area is 171 Å². The molecule has 1 amide bonds. The van der Waals surface area contributed by atoms with E-state index in [9.17, 15) is 9.18 Å². The largest absolute Gasteiger partial charge is 0.493 e. The van der Waals surface area contributed by atoms with Gasteiger partial charge in [0.1, 0.15) is 5.82 Å². The van der Waals surface area contributed by atoms with Crippen LogP contribution in [0, 0.1) is 5.82 Å². The van der Waals surface area contributed by atoms with Crippen LogP contribution in [0.5, 0.6) is 11.5 Å². The summed E-state index contributed by atoms with van der Waals surface area (Å²) in [6.07, 6.45) is 0. The predicted molar refractivity (Wildman–Crippen MR) is 110 cm³/mol. The van der Waals surface area contributed by atoms with Crippen molar-refractivity contribution in [1.82, 2.24) is 9.80 Å². The molecular weight excluding hydrogens is 373 g/mol. The molecule has 156 valence electrons.